The van der Waals surface area contributed by atoms with Crippen molar-refractivity contribution in [2.24, 2.45) is 0 Å². The number of hydrogen-bond acceptors (Lipinski definition) is 6. The number of anilines is 2. The number of nitro groups is 1. The van der Waals surface area contributed by atoms with E-state index in [0.717, 1.165) is 0 Å². The Labute approximate surface area is 118 Å². The van der Waals surface area contributed by atoms with Crippen molar-refractivity contribution in [3.8, 4) is 0 Å². The lowest BCUT2D eigenvalue weighted by atomic mass is 10.2. The van der Waals surface area contributed by atoms with Gasteiger partial charge >= 0.3 is 11.9 Å². The molecule has 0 bridgehead atoms. The third-order valence-corrected chi connectivity index (χ3v) is 3.15. The fourth-order valence-corrected chi connectivity index (χ4v) is 2.20. The smallest absolute Gasteiger partial charge is 0.384 e. The first kappa shape index (κ1) is 15.3. The molecule has 1 aliphatic rings. The molecular formula is C11H14F3N5O2. The number of aromatic nitrogens is 1. The summed E-state index contributed by atoms with van der Waals surface area (Å²) in [6, 6.07) is 2.57. The standard InChI is InChI=1S/C11H14F3N5O2/c12-11(13,14)7-17-3-5-18(6-4-17)10-8(19(20)21)1-2-9(15)16-10/h1-2H,3-7H2,(H2,15,16). The van der Waals surface area contributed by atoms with Crippen LogP contribution in [0.2, 0.25) is 0 Å². The maximum absolute atomic E-state index is 12.3. The van der Waals surface area contributed by atoms with Crippen LogP contribution in [0.15, 0.2) is 12.1 Å². The minimum atomic E-state index is -4.25. The predicted molar refractivity (Wildman–Crippen MR) is 70.0 cm³/mol. The summed E-state index contributed by atoms with van der Waals surface area (Å²) >= 11 is 0. The average Bonchev–Trinajstić information content (AvgIpc) is 2.37. The molecule has 2 heterocycles. The summed E-state index contributed by atoms with van der Waals surface area (Å²) in [5, 5.41) is 11.0. The van der Waals surface area contributed by atoms with E-state index in [4.69, 9.17) is 5.73 Å². The number of piperazine rings is 1. The monoisotopic (exact) mass is 305 g/mol. The Morgan fingerprint density at radius 2 is 1.90 bits per heavy atom. The van der Waals surface area contributed by atoms with Crippen LogP contribution in [-0.4, -0.2) is 53.7 Å². The summed E-state index contributed by atoms with van der Waals surface area (Å²) in [6.45, 7) is -0.200. The molecule has 0 aromatic carbocycles. The normalized spacial score (nSPS) is 17.0. The maximum atomic E-state index is 12.3. The molecule has 0 aliphatic carbocycles. The average molecular weight is 305 g/mol. The van der Waals surface area contributed by atoms with Gasteiger partial charge in [0, 0.05) is 32.2 Å². The fraction of sp³-hybridized carbons (Fsp3) is 0.545. The predicted octanol–water partition coefficient (Wildman–Crippen LogP) is 1.26. The molecule has 0 unspecified atom stereocenters. The van der Waals surface area contributed by atoms with Crippen molar-refractivity contribution in [3.63, 3.8) is 0 Å². The van der Waals surface area contributed by atoms with Crippen molar-refractivity contribution in [3.05, 3.63) is 22.2 Å². The molecule has 21 heavy (non-hydrogen) atoms. The van der Waals surface area contributed by atoms with Crippen LogP contribution in [0.3, 0.4) is 0 Å². The van der Waals surface area contributed by atoms with Gasteiger partial charge in [0.05, 0.1) is 11.5 Å². The first-order valence-corrected chi connectivity index (χ1v) is 6.21. The van der Waals surface area contributed by atoms with Gasteiger partial charge in [-0.1, -0.05) is 0 Å². The lowest BCUT2D eigenvalue weighted by Crippen LogP contribution is -2.49. The number of nitrogens with zero attached hydrogens (tertiary/aromatic N) is 4. The van der Waals surface area contributed by atoms with Crippen LogP contribution < -0.4 is 10.6 Å². The quantitative estimate of drug-likeness (QED) is 0.668. The third kappa shape index (κ3) is 3.94. The van der Waals surface area contributed by atoms with Crippen LogP contribution in [-0.2, 0) is 0 Å². The number of nitrogen functional groups attached to an aromatic ring is 1. The van der Waals surface area contributed by atoms with Gasteiger partial charge in [0.1, 0.15) is 5.82 Å². The van der Waals surface area contributed by atoms with Gasteiger partial charge < -0.3 is 10.6 Å². The topological polar surface area (TPSA) is 88.5 Å². The molecule has 116 valence electrons. The summed E-state index contributed by atoms with van der Waals surface area (Å²) in [6.07, 6.45) is -4.25. The summed E-state index contributed by atoms with van der Waals surface area (Å²) in [5.41, 5.74) is 5.32. The van der Waals surface area contributed by atoms with Crippen molar-refractivity contribution in [2.75, 3.05) is 43.4 Å². The van der Waals surface area contributed by atoms with Gasteiger partial charge in [0.15, 0.2) is 0 Å². The van der Waals surface area contributed by atoms with Gasteiger partial charge in [0.25, 0.3) is 0 Å². The Balaban J connectivity index is 2.09. The molecule has 0 radical (unpaired) electrons. The van der Waals surface area contributed by atoms with E-state index in [2.05, 4.69) is 4.98 Å². The van der Waals surface area contributed by atoms with Crippen molar-refractivity contribution in [1.29, 1.82) is 0 Å². The molecule has 0 amide bonds. The van der Waals surface area contributed by atoms with Crippen LogP contribution in [0.1, 0.15) is 0 Å². The maximum Gasteiger partial charge on any atom is 0.401 e. The lowest BCUT2D eigenvalue weighted by Gasteiger charge is -2.35. The van der Waals surface area contributed by atoms with E-state index in [-0.39, 0.29) is 43.5 Å². The lowest BCUT2D eigenvalue weighted by molar-refractivity contribution is -0.384. The van der Waals surface area contributed by atoms with Crippen LogP contribution in [0.4, 0.5) is 30.5 Å². The second-order valence-corrected chi connectivity index (χ2v) is 4.71. The minimum Gasteiger partial charge on any atom is -0.384 e. The summed E-state index contributed by atoms with van der Waals surface area (Å²) < 4.78 is 36.9. The number of halogens is 3. The van der Waals surface area contributed by atoms with E-state index in [1.807, 2.05) is 0 Å². The van der Waals surface area contributed by atoms with Gasteiger partial charge in [-0.3, -0.25) is 15.0 Å². The highest BCUT2D eigenvalue weighted by atomic mass is 19.4. The molecule has 7 nitrogen and oxygen atoms in total. The Morgan fingerprint density at radius 1 is 1.29 bits per heavy atom. The van der Waals surface area contributed by atoms with Crippen LogP contribution >= 0.6 is 0 Å². The van der Waals surface area contributed by atoms with Gasteiger partial charge in [0.2, 0.25) is 5.82 Å². The van der Waals surface area contributed by atoms with Gasteiger partial charge in [-0.15, -0.1) is 0 Å². The second-order valence-electron chi connectivity index (χ2n) is 4.71. The SMILES string of the molecule is Nc1ccc([N+](=O)[O-])c(N2CCN(CC(F)(F)F)CC2)n1. The number of hydrogen-bond donors (Lipinski definition) is 1. The second kappa shape index (κ2) is 5.72. The summed E-state index contributed by atoms with van der Waals surface area (Å²) in [7, 11) is 0. The van der Waals surface area contributed by atoms with Crippen LogP contribution in [0, 0.1) is 10.1 Å². The highest BCUT2D eigenvalue weighted by Gasteiger charge is 2.33. The van der Waals surface area contributed by atoms with Gasteiger partial charge in [-0.2, -0.15) is 13.2 Å². The van der Waals surface area contributed by atoms with E-state index in [1.165, 1.54) is 17.0 Å². The van der Waals surface area contributed by atoms with E-state index in [1.54, 1.807) is 4.90 Å². The molecule has 1 fully saturated rings. The zero-order valence-corrected chi connectivity index (χ0v) is 11.0. The largest absolute Gasteiger partial charge is 0.401 e. The number of alkyl halides is 3. The van der Waals surface area contributed by atoms with E-state index >= 15 is 0 Å². The molecule has 0 spiro atoms. The third-order valence-electron chi connectivity index (χ3n) is 3.15. The highest BCUT2D eigenvalue weighted by molar-refractivity contribution is 5.61. The molecule has 1 aromatic rings. The van der Waals surface area contributed by atoms with Crippen molar-refractivity contribution in [2.45, 2.75) is 6.18 Å². The van der Waals surface area contributed by atoms with Gasteiger partial charge in [-0.25, -0.2) is 4.98 Å². The molecule has 0 atom stereocenters. The summed E-state index contributed by atoms with van der Waals surface area (Å²) in [5.74, 6) is 0.236. The van der Waals surface area contributed by atoms with E-state index in [0.29, 0.717) is 0 Å². The Morgan fingerprint density at radius 3 is 2.43 bits per heavy atom. The van der Waals surface area contributed by atoms with Gasteiger partial charge in [-0.05, 0) is 6.07 Å². The molecule has 10 heteroatoms. The van der Waals surface area contributed by atoms with Crippen molar-refractivity contribution < 1.29 is 18.1 Å². The first-order chi connectivity index (χ1) is 9.76. The Hall–Kier alpha value is -2.10. The fourth-order valence-electron chi connectivity index (χ4n) is 2.20. The molecule has 1 aliphatic heterocycles. The number of nitrogens with two attached hydrogens (primary N) is 1. The molecule has 0 saturated carbocycles. The Bertz CT molecular complexity index is 529. The zero-order chi connectivity index (χ0) is 15.6. The molecule has 2 N–H and O–H groups in total. The minimum absolute atomic E-state index is 0.103. The van der Waals surface area contributed by atoms with Crippen molar-refractivity contribution >= 4 is 17.3 Å². The van der Waals surface area contributed by atoms with E-state index < -0.39 is 17.6 Å². The molecular weight excluding hydrogens is 291 g/mol. The molecule has 2 rings (SSSR count). The highest BCUT2D eigenvalue weighted by Crippen LogP contribution is 2.28. The molecule has 1 saturated heterocycles. The summed E-state index contributed by atoms with van der Waals surface area (Å²) in [4.78, 5) is 17.2. The molecule has 1 aromatic heterocycles. The van der Waals surface area contributed by atoms with Crippen LogP contribution in [0.25, 0.3) is 0 Å². The number of rotatable bonds is 3. The van der Waals surface area contributed by atoms with Crippen LogP contribution in [0.5, 0.6) is 0 Å². The zero-order valence-electron chi connectivity index (χ0n) is 11.0. The van der Waals surface area contributed by atoms with E-state index in [9.17, 15) is 23.3 Å². The number of pyridine rings is 1. The Kier molecular flexibility index (Phi) is 4.16. The first-order valence-electron chi connectivity index (χ1n) is 6.21. The van der Waals surface area contributed by atoms with Crippen molar-refractivity contribution in [1.82, 2.24) is 9.88 Å².